The van der Waals surface area contributed by atoms with Crippen molar-refractivity contribution in [3.05, 3.63) is 29.8 Å². The highest BCUT2D eigenvalue weighted by atomic mass is 32.2. The monoisotopic (exact) mass is 329 g/mol. The van der Waals surface area contributed by atoms with E-state index >= 15 is 0 Å². The maximum absolute atomic E-state index is 12.3. The van der Waals surface area contributed by atoms with Crippen LogP contribution < -0.4 is 5.73 Å². The van der Waals surface area contributed by atoms with Crippen molar-refractivity contribution in [3.63, 3.8) is 0 Å². The number of ether oxygens (including phenoxy) is 2. The van der Waals surface area contributed by atoms with Crippen LogP contribution in [0.1, 0.15) is 18.4 Å². The summed E-state index contributed by atoms with van der Waals surface area (Å²) >= 11 is 4.86. The molecule has 0 amide bonds. The minimum Gasteiger partial charge on any atom is -0.389 e. The average Bonchev–Trinajstić information content (AvgIpc) is 2.48. The lowest BCUT2D eigenvalue weighted by Crippen LogP contribution is -2.25. The Morgan fingerprint density at radius 2 is 2.10 bits per heavy atom. The van der Waals surface area contributed by atoms with Crippen molar-refractivity contribution in [3.8, 4) is 0 Å². The highest BCUT2D eigenvalue weighted by molar-refractivity contribution is 7.91. The maximum atomic E-state index is 12.3. The minimum atomic E-state index is -3.39. The first-order valence-electron chi connectivity index (χ1n) is 6.81. The van der Waals surface area contributed by atoms with Crippen LogP contribution in [0.4, 0.5) is 0 Å². The fraction of sp³-hybridized carbons (Fsp3) is 0.500. The van der Waals surface area contributed by atoms with Gasteiger partial charge in [0.15, 0.2) is 9.84 Å². The molecule has 1 heterocycles. The van der Waals surface area contributed by atoms with E-state index in [1.807, 2.05) is 0 Å². The first-order chi connectivity index (χ1) is 9.99. The Hall–Kier alpha value is -1.02. The van der Waals surface area contributed by atoms with Gasteiger partial charge in [0, 0.05) is 18.8 Å². The fourth-order valence-electron chi connectivity index (χ4n) is 2.13. The summed E-state index contributed by atoms with van der Waals surface area (Å²) in [7, 11) is -3.39. The lowest BCUT2D eigenvalue weighted by Gasteiger charge is -2.22. The van der Waals surface area contributed by atoms with Crippen molar-refractivity contribution in [1.82, 2.24) is 0 Å². The second kappa shape index (κ2) is 7.31. The van der Waals surface area contributed by atoms with E-state index in [0.29, 0.717) is 18.8 Å². The van der Waals surface area contributed by atoms with Crippen LogP contribution in [0.3, 0.4) is 0 Å². The van der Waals surface area contributed by atoms with E-state index in [0.717, 1.165) is 12.8 Å². The number of hydrogen-bond acceptors (Lipinski definition) is 5. The Kier molecular flexibility index (Phi) is 5.69. The van der Waals surface area contributed by atoms with Crippen LogP contribution in [0.2, 0.25) is 0 Å². The Bertz CT molecular complexity index is 595. The zero-order valence-electron chi connectivity index (χ0n) is 11.7. The highest BCUT2D eigenvalue weighted by Crippen LogP contribution is 2.15. The summed E-state index contributed by atoms with van der Waals surface area (Å²) in [5.41, 5.74) is 6.08. The number of thiocarbonyl (C=S) groups is 1. The quantitative estimate of drug-likeness (QED) is 0.792. The SMILES string of the molecule is NC(=S)c1cccc(S(=O)(=O)CCOC2CCOCC2)c1. The molecule has 0 aliphatic carbocycles. The molecular formula is C14H19NO4S2. The standard InChI is InChI=1S/C14H19NO4S2/c15-14(20)11-2-1-3-13(10-11)21(16,17)9-8-19-12-4-6-18-7-5-12/h1-3,10,12H,4-9H2,(H2,15,20). The van der Waals surface area contributed by atoms with Crippen molar-refractivity contribution < 1.29 is 17.9 Å². The molecule has 0 bridgehead atoms. The largest absolute Gasteiger partial charge is 0.389 e. The summed E-state index contributed by atoms with van der Waals surface area (Å²) in [6.45, 7) is 1.53. The number of hydrogen-bond donors (Lipinski definition) is 1. The molecule has 1 aliphatic rings. The molecule has 1 aliphatic heterocycles. The number of rotatable bonds is 6. The minimum absolute atomic E-state index is 0.0505. The second-order valence-corrected chi connectivity index (χ2v) is 7.44. The van der Waals surface area contributed by atoms with Crippen LogP contribution in [0.5, 0.6) is 0 Å². The van der Waals surface area contributed by atoms with Gasteiger partial charge in [-0.25, -0.2) is 8.42 Å². The molecule has 2 N–H and O–H groups in total. The Balaban J connectivity index is 1.94. The van der Waals surface area contributed by atoms with Crippen molar-refractivity contribution in [1.29, 1.82) is 0 Å². The van der Waals surface area contributed by atoms with Crippen LogP contribution in [0.25, 0.3) is 0 Å². The summed E-state index contributed by atoms with van der Waals surface area (Å²) < 4.78 is 35.4. The second-order valence-electron chi connectivity index (χ2n) is 4.89. The summed E-state index contributed by atoms with van der Waals surface area (Å²) in [6.07, 6.45) is 1.73. The van der Waals surface area contributed by atoms with E-state index in [-0.39, 0.29) is 28.3 Å². The molecule has 116 valence electrons. The van der Waals surface area contributed by atoms with E-state index in [1.54, 1.807) is 18.2 Å². The van der Waals surface area contributed by atoms with Gasteiger partial charge in [-0.15, -0.1) is 0 Å². The topological polar surface area (TPSA) is 78.6 Å². The average molecular weight is 329 g/mol. The number of nitrogens with two attached hydrogens (primary N) is 1. The van der Waals surface area contributed by atoms with Gasteiger partial charge in [0.2, 0.25) is 0 Å². The van der Waals surface area contributed by atoms with Gasteiger partial charge in [0.25, 0.3) is 0 Å². The number of sulfone groups is 1. The van der Waals surface area contributed by atoms with E-state index < -0.39 is 9.84 Å². The van der Waals surface area contributed by atoms with Gasteiger partial charge in [0.1, 0.15) is 4.99 Å². The molecule has 0 saturated carbocycles. The van der Waals surface area contributed by atoms with Crippen LogP contribution in [-0.4, -0.2) is 45.1 Å². The van der Waals surface area contributed by atoms with E-state index in [9.17, 15) is 8.42 Å². The molecule has 0 spiro atoms. The van der Waals surface area contributed by atoms with Crippen molar-refractivity contribution in [2.45, 2.75) is 23.8 Å². The summed E-state index contributed by atoms with van der Waals surface area (Å²) in [5.74, 6) is -0.0505. The molecule has 0 radical (unpaired) electrons. The molecule has 7 heteroatoms. The van der Waals surface area contributed by atoms with Gasteiger partial charge in [-0.05, 0) is 25.0 Å². The summed E-state index contributed by atoms with van der Waals surface area (Å²) in [6, 6.07) is 6.39. The van der Waals surface area contributed by atoms with Crippen LogP contribution in [0, 0.1) is 0 Å². The predicted molar refractivity (Wildman–Crippen MR) is 84.2 cm³/mol. The maximum Gasteiger partial charge on any atom is 0.180 e. The van der Waals surface area contributed by atoms with Crippen LogP contribution in [0.15, 0.2) is 29.2 Å². The summed E-state index contributed by atoms with van der Waals surface area (Å²) in [5, 5.41) is 0. The number of benzene rings is 1. The Morgan fingerprint density at radius 3 is 2.76 bits per heavy atom. The first-order valence-corrected chi connectivity index (χ1v) is 8.87. The molecule has 0 aromatic heterocycles. The highest BCUT2D eigenvalue weighted by Gasteiger charge is 2.18. The molecule has 2 rings (SSSR count). The summed E-state index contributed by atoms with van der Waals surface area (Å²) in [4.78, 5) is 0.411. The first kappa shape index (κ1) is 16.4. The van der Waals surface area contributed by atoms with E-state index in [1.165, 1.54) is 6.07 Å². The molecule has 21 heavy (non-hydrogen) atoms. The molecule has 5 nitrogen and oxygen atoms in total. The lowest BCUT2D eigenvalue weighted by atomic mass is 10.2. The van der Waals surface area contributed by atoms with Crippen LogP contribution in [-0.2, 0) is 19.3 Å². The predicted octanol–water partition coefficient (Wildman–Crippen LogP) is 1.29. The molecule has 0 unspecified atom stereocenters. The third-order valence-corrected chi connectivity index (χ3v) is 5.26. The van der Waals surface area contributed by atoms with Gasteiger partial charge >= 0.3 is 0 Å². The molecule has 0 atom stereocenters. The smallest absolute Gasteiger partial charge is 0.180 e. The van der Waals surface area contributed by atoms with Gasteiger partial charge in [-0.3, -0.25) is 0 Å². The lowest BCUT2D eigenvalue weighted by molar-refractivity contribution is -0.0266. The molecule has 1 saturated heterocycles. The van der Waals surface area contributed by atoms with Gasteiger partial charge < -0.3 is 15.2 Å². The van der Waals surface area contributed by atoms with E-state index in [2.05, 4.69) is 0 Å². The molecule has 1 aromatic rings. The molecular weight excluding hydrogens is 310 g/mol. The Morgan fingerprint density at radius 1 is 1.38 bits per heavy atom. The zero-order valence-corrected chi connectivity index (χ0v) is 13.3. The van der Waals surface area contributed by atoms with Crippen molar-refractivity contribution in [2.75, 3.05) is 25.6 Å². The molecule has 1 aromatic carbocycles. The van der Waals surface area contributed by atoms with Crippen molar-refractivity contribution in [2.24, 2.45) is 5.73 Å². The third kappa shape index (κ3) is 4.74. The normalized spacial score (nSPS) is 16.8. The van der Waals surface area contributed by atoms with Gasteiger partial charge in [-0.1, -0.05) is 24.4 Å². The van der Waals surface area contributed by atoms with Gasteiger partial charge in [0.05, 0.1) is 23.4 Å². The molecule has 1 fully saturated rings. The van der Waals surface area contributed by atoms with E-state index in [4.69, 9.17) is 27.4 Å². The zero-order chi connectivity index (χ0) is 15.3. The Labute approximate surface area is 130 Å². The van der Waals surface area contributed by atoms with Gasteiger partial charge in [-0.2, -0.15) is 0 Å². The fourth-order valence-corrected chi connectivity index (χ4v) is 3.40. The van der Waals surface area contributed by atoms with Crippen molar-refractivity contribution >= 4 is 27.0 Å². The third-order valence-electron chi connectivity index (χ3n) is 3.35. The van der Waals surface area contributed by atoms with Crippen LogP contribution >= 0.6 is 12.2 Å².